The van der Waals surface area contributed by atoms with Crippen molar-refractivity contribution in [2.75, 3.05) is 25.5 Å². The molecule has 0 saturated carbocycles. The zero-order valence-electron chi connectivity index (χ0n) is 15.2. The van der Waals surface area contributed by atoms with Crippen LogP contribution in [0.3, 0.4) is 0 Å². The summed E-state index contributed by atoms with van der Waals surface area (Å²) >= 11 is 0. The largest absolute Gasteiger partial charge is 0.495 e. The van der Waals surface area contributed by atoms with E-state index in [4.69, 9.17) is 10.00 Å². The van der Waals surface area contributed by atoms with Gasteiger partial charge in [0, 0.05) is 18.0 Å². The topological polar surface area (TPSA) is 65.4 Å². The standard InChI is InChI=1S/C21H22FN3O2/c1-27-20-5-3-2-4-19(20)24-21(26)16-8-10-25(11-9-16)14-17-12-15(13-23)6-7-18(17)22/h2-7,12,16H,8-11,14H2,1H3,(H,24,26). The van der Waals surface area contributed by atoms with Crippen molar-refractivity contribution in [2.24, 2.45) is 5.92 Å². The molecule has 6 heteroatoms. The number of halogens is 1. The van der Waals surface area contributed by atoms with Crippen LogP contribution in [0.25, 0.3) is 0 Å². The van der Waals surface area contributed by atoms with Gasteiger partial charge in [0.2, 0.25) is 5.91 Å². The van der Waals surface area contributed by atoms with Crippen molar-refractivity contribution < 1.29 is 13.9 Å². The van der Waals surface area contributed by atoms with E-state index in [-0.39, 0.29) is 17.6 Å². The van der Waals surface area contributed by atoms with Crippen LogP contribution in [0, 0.1) is 23.1 Å². The van der Waals surface area contributed by atoms with E-state index in [9.17, 15) is 9.18 Å². The molecule has 1 N–H and O–H groups in total. The van der Waals surface area contributed by atoms with Crippen molar-refractivity contribution in [2.45, 2.75) is 19.4 Å². The van der Waals surface area contributed by atoms with Gasteiger partial charge in [-0.2, -0.15) is 5.26 Å². The van der Waals surface area contributed by atoms with Crippen LogP contribution in [-0.4, -0.2) is 31.0 Å². The SMILES string of the molecule is COc1ccccc1NC(=O)C1CCN(Cc2cc(C#N)ccc2F)CC1. The number of nitrogens with zero attached hydrogens (tertiary/aromatic N) is 2. The number of methoxy groups -OCH3 is 1. The zero-order chi connectivity index (χ0) is 19.2. The molecule has 0 bridgehead atoms. The van der Waals surface area contributed by atoms with E-state index in [2.05, 4.69) is 10.2 Å². The minimum absolute atomic E-state index is 0.0168. The molecule has 2 aromatic rings. The number of likely N-dealkylation sites (tertiary alicyclic amines) is 1. The van der Waals surface area contributed by atoms with Gasteiger partial charge in [-0.1, -0.05) is 12.1 Å². The van der Waals surface area contributed by atoms with Gasteiger partial charge in [-0.25, -0.2) is 4.39 Å². The molecule has 0 aromatic heterocycles. The molecule has 1 fully saturated rings. The Morgan fingerprint density at radius 3 is 2.74 bits per heavy atom. The normalized spacial score (nSPS) is 15.1. The molecule has 1 amide bonds. The van der Waals surface area contributed by atoms with Crippen LogP contribution < -0.4 is 10.1 Å². The Kier molecular flexibility index (Phi) is 6.05. The maximum Gasteiger partial charge on any atom is 0.227 e. The fourth-order valence-electron chi connectivity index (χ4n) is 3.34. The molecule has 0 spiro atoms. The predicted molar refractivity (Wildman–Crippen MR) is 101 cm³/mol. The molecule has 2 aromatic carbocycles. The van der Waals surface area contributed by atoms with E-state index in [1.807, 2.05) is 30.3 Å². The first-order valence-electron chi connectivity index (χ1n) is 8.95. The second-order valence-corrected chi connectivity index (χ2v) is 6.66. The quantitative estimate of drug-likeness (QED) is 0.878. The fourth-order valence-corrected chi connectivity index (χ4v) is 3.34. The lowest BCUT2D eigenvalue weighted by atomic mass is 9.95. The fraction of sp³-hybridized carbons (Fsp3) is 0.333. The van der Waals surface area contributed by atoms with E-state index >= 15 is 0 Å². The van der Waals surface area contributed by atoms with Crippen molar-refractivity contribution in [1.82, 2.24) is 4.90 Å². The van der Waals surface area contributed by atoms with Gasteiger partial charge in [0.05, 0.1) is 24.4 Å². The van der Waals surface area contributed by atoms with Gasteiger partial charge in [0.15, 0.2) is 0 Å². The maximum atomic E-state index is 14.0. The highest BCUT2D eigenvalue weighted by molar-refractivity contribution is 5.94. The van der Waals surface area contributed by atoms with Gasteiger partial charge in [0.1, 0.15) is 11.6 Å². The molecule has 0 atom stereocenters. The van der Waals surface area contributed by atoms with Gasteiger partial charge < -0.3 is 10.1 Å². The molecule has 0 unspecified atom stereocenters. The Balaban J connectivity index is 1.56. The highest BCUT2D eigenvalue weighted by Crippen LogP contribution is 2.26. The molecular formula is C21H22FN3O2. The Labute approximate surface area is 158 Å². The van der Waals surface area contributed by atoms with Crippen LogP contribution in [0.2, 0.25) is 0 Å². The van der Waals surface area contributed by atoms with E-state index in [0.29, 0.717) is 55.0 Å². The van der Waals surface area contributed by atoms with Crippen LogP contribution in [0.4, 0.5) is 10.1 Å². The van der Waals surface area contributed by atoms with Gasteiger partial charge in [0.25, 0.3) is 0 Å². The molecule has 1 aliphatic rings. The molecule has 27 heavy (non-hydrogen) atoms. The summed E-state index contributed by atoms with van der Waals surface area (Å²) in [6, 6.07) is 13.8. The molecular weight excluding hydrogens is 345 g/mol. The first-order valence-corrected chi connectivity index (χ1v) is 8.95. The van der Waals surface area contributed by atoms with Gasteiger partial charge in [-0.3, -0.25) is 9.69 Å². The number of amides is 1. The summed E-state index contributed by atoms with van der Waals surface area (Å²) in [6.45, 7) is 1.86. The van der Waals surface area contributed by atoms with Gasteiger partial charge in [-0.15, -0.1) is 0 Å². The number of hydrogen-bond acceptors (Lipinski definition) is 4. The van der Waals surface area contributed by atoms with Gasteiger partial charge in [-0.05, 0) is 56.3 Å². The van der Waals surface area contributed by atoms with Crippen LogP contribution in [0.15, 0.2) is 42.5 Å². The van der Waals surface area contributed by atoms with Crippen molar-refractivity contribution in [3.8, 4) is 11.8 Å². The smallest absolute Gasteiger partial charge is 0.227 e. The average molecular weight is 367 g/mol. The first kappa shape index (κ1) is 18.9. The number of hydrogen-bond donors (Lipinski definition) is 1. The number of ether oxygens (including phenoxy) is 1. The minimum atomic E-state index is -0.301. The number of para-hydroxylation sites is 2. The number of nitrogens with one attached hydrogen (secondary N) is 1. The number of nitriles is 1. The van der Waals surface area contributed by atoms with E-state index in [1.54, 1.807) is 13.2 Å². The van der Waals surface area contributed by atoms with E-state index in [0.717, 1.165) is 0 Å². The summed E-state index contributed by atoms with van der Waals surface area (Å²) in [5.41, 5.74) is 1.64. The van der Waals surface area contributed by atoms with Crippen LogP contribution in [0.1, 0.15) is 24.0 Å². The Morgan fingerprint density at radius 1 is 1.30 bits per heavy atom. The number of rotatable bonds is 5. The molecule has 1 saturated heterocycles. The summed E-state index contributed by atoms with van der Waals surface area (Å²) in [6.07, 6.45) is 1.42. The number of piperidine rings is 1. The highest BCUT2D eigenvalue weighted by Gasteiger charge is 2.26. The second-order valence-electron chi connectivity index (χ2n) is 6.66. The summed E-state index contributed by atoms with van der Waals surface area (Å²) in [5, 5.41) is 11.9. The highest BCUT2D eigenvalue weighted by atomic mass is 19.1. The lowest BCUT2D eigenvalue weighted by Gasteiger charge is -2.31. The molecule has 3 rings (SSSR count). The number of anilines is 1. The minimum Gasteiger partial charge on any atom is -0.495 e. The molecule has 0 radical (unpaired) electrons. The Hall–Kier alpha value is -2.91. The Bertz CT molecular complexity index is 855. The van der Waals surface area contributed by atoms with Crippen molar-refractivity contribution in [1.29, 1.82) is 5.26 Å². The van der Waals surface area contributed by atoms with Gasteiger partial charge >= 0.3 is 0 Å². The summed E-state index contributed by atoms with van der Waals surface area (Å²) in [5.74, 6) is 0.236. The zero-order valence-corrected chi connectivity index (χ0v) is 15.2. The molecule has 5 nitrogen and oxygen atoms in total. The summed E-state index contributed by atoms with van der Waals surface area (Å²) in [7, 11) is 1.57. The second kappa shape index (κ2) is 8.65. The van der Waals surface area contributed by atoms with Crippen LogP contribution >= 0.6 is 0 Å². The van der Waals surface area contributed by atoms with Crippen molar-refractivity contribution in [3.05, 3.63) is 59.4 Å². The van der Waals surface area contributed by atoms with E-state index < -0.39 is 0 Å². The first-order chi connectivity index (χ1) is 13.1. The molecule has 140 valence electrons. The number of carbonyl (C=O) groups is 1. The third-order valence-electron chi connectivity index (χ3n) is 4.89. The van der Waals surface area contributed by atoms with E-state index in [1.165, 1.54) is 12.1 Å². The van der Waals surface area contributed by atoms with Crippen LogP contribution in [0.5, 0.6) is 5.75 Å². The number of carbonyl (C=O) groups excluding carboxylic acids is 1. The molecule has 1 heterocycles. The van der Waals surface area contributed by atoms with Crippen LogP contribution in [-0.2, 0) is 11.3 Å². The summed E-state index contributed by atoms with van der Waals surface area (Å²) < 4.78 is 19.2. The average Bonchev–Trinajstić information content (AvgIpc) is 2.70. The molecule has 0 aliphatic carbocycles. The monoisotopic (exact) mass is 367 g/mol. The Morgan fingerprint density at radius 2 is 2.04 bits per heavy atom. The predicted octanol–water partition coefficient (Wildman–Crippen LogP) is 3.56. The van der Waals surface area contributed by atoms with Crippen molar-refractivity contribution in [3.63, 3.8) is 0 Å². The third kappa shape index (κ3) is 4.63. The lowest BCUT2D eigenvalue weighted by Crippen LogP contribution is -2.38. The maximum absolute atomic E-state index is 14.0. The number of benzene rings is 2. The summed E-state index contributed by atoms with van der Waals surface area (Å²) in [4.78, 5) is 14.7. The van der Waals surface area contributed by atoms with Crippen molar-refractivity contribution >= 4 is 11.6 Å². The molecule has 1 aliphatic heterocycles. The lowest BCUT2D eigenvalue weighted by molar-refractivity contribution is -0.121. The third-order valence-corrected chi connectivity index (χ3v) is 4.89.